The second kappa shape index (κ2) is 6.90. The number of nitrogens with zero attached hydrogens (tertiary/aromatic N) is 2. The predicted molar refractivity (Wildman–Crippen MR) is 81.1 cm³/mol. The monoisotopic (exact) mass is 307 g/mol. The van der Waals surface area contributed by atoms with Crippen molar-refractivity contribution in [3.63, 3.8) is 0 Å². The summed E-state index contributed by atoms with van der Waals surface area (Å²) in [7, 11) is 0. The van der Waals surface area contributed by atoms with Crippen molar-refractivity contribution in [1.29, 1.82) is 0 Å². The number of anilines is 1. The average molecular weight is 308 g/mol. The fraction of sp³-hybridized carbons (Fsp3) is 0.214. The highest BCUT2D eigenvalue weighted by Crippen LogP contribution is 2.24. The van der Waals surface area contributed by atoms with Crippen LogP contribution in [0.4, 0.5) is 11.5 Å². The van der Waals surface area contributed by atoms with Crippen LogP contribution in [0.15, 0.2) is 36.5 Å². The number of hydrogen-bond acceptors (Lipinski definition) is 5. The lowest BCUT2D eigenvalue weighted by atomic mass is 10.2. The van der Waals surface area contributed by atoms with Crippen molar-refractivity contribution >= 4 is 23.1 Å². The number of rotatable bonds is 6. The van der Waals surface area contributed by atoms with E-state index in [1.54, 1.807) is 0 Å². The molecule has 2 aromatic rings. The second-order valence-corrected chi connectivity index (χ2v) is 4.81. The fourth-order valence-corrected chi connectivity index (χ4v) is 1.90. The maximum absolute atomic E-state index is 10.9. The Labute approximate surface area is 126 Å². The Morgan fingerprint density at radius 1 is 1.43 bits per heavy atom. The molecular weight excluding hydrogens is 294 g/mol. The van der Waals surface area contributed by atoms with Gasteiger partial charge in [0.15, 0.2) is 0 Å². The summed E-state index contributed by atoms with van der Waals surface area (Å²) in [5.41, 5.74) is 0.952. The zero-order valence-electron chi connectivity index (χ0n) is 11.4. The van der Waals surface area contributed by atoms with Crippen LogP contribution in [0.2, 0.25) is 5.02 Å². The standard InChI is InChI=1S/C14H14ClN3O3/c1-10-3-2-4-12(7-10)21-6-5-16-14-13(18(19)20)8-11(15)9-17-14/h2-4,7-9H,5-6H2,1H3,(H,16,17). The number of pyridine rings is 1. The molecular formula is C14H14ClN3O3. The van der Waals surface area contributed by atoms with E-state index in [0.717, 1.165) is 11.3 Å². The molecule has 0 radical (unpaired) electrons. The quantitative estimate of drug-likeness (QED) is 0.502. The summed E-state index contributed by atoms with van der Waals surface area (Å²) < 4.78 is 5.55. The number of ether oxygens (including phenoxy) is 1. The zero-order chi connectivity index (χ0) is 15.2. The summed E-state index contributed by atoms with van der Waals surface area (Å²) in [6.45, 7) is 2.74. The maximum Gasteiger partial charge on any atom is 0.312 e. The van der Waals surface area contributed by atoms with Crippen LogP contribution in [-0.2, 0) is 0 Å². The second-order valence-electron chi connectivity index (χ2n) is 4.37. The molecule has 2 rings (SSSR count). The lowest BCUT2D eigenvalue weighted by molar-refractivity contribution is -0.384. The lowest BCUT2D eigenvalue weighted by Gasteiger charge is -2.09. The van der Waals surface area contributed by atoms with Crippen molar-refractivity contribution in [2.24, 2.45) is 0 Å². The smallest absolute Gasteiger partial charge is 0.312 e. The Kier molecular flexibility index (Phi) is 4.94. The van der Waals surface area contributed by atoms with Crippen molar-refractivity contribution in [2.75, 3.05) is 18.5 Å². The molecule has 0 fully saturated rings. The van der Waals surface area contributed by atoms with Crippen LogP contribution in [0.1, 0.15) is 5.56 Å². The minimum absolute atomic E-state index is 0.155. The van der Waals surface area contributed by atoms with E-state index in [2.05, 4.69) is 10.3 Å². The van der Waals surface area contributed by atoms with Crippen LogP contribution >= 0.6 is 11.6 Å². The molecule has 1 aromatic carbocycles. The molecule has 1 heterocycles. The van der Waals surface area contributed by atoms with Gasteiger partial charge in [-0.25, -0.2) is 4.98 Å². The third kappa shape index (κ3) is 4.32. The minimum atomic E-state index is -0.525. The van der Waals surface area contributed by atoms with Gasteiger partial charge in [-0.2, -0.15) is 0 Å². The summed E-state index contributed by atoms with van der Waals surface area (Å²) in [6.07, 6.45) is 1.36. The number of benzene rings is 1. The van der Waals surface area contributed by atoms with Crippen LogP contribution in [0.5, 0.6) is 5.75 Å². The van der Waals surface area contributed by atoms with Crippen molar-refractivity contribution in [2.45, 2.75) is 6.92 Å². The van der Waals surface area contributed by atoms with Gasteiger partial charge in [-0.1, -0.05) is 23.7 Å². The normalized spacial score (nSPS) is 10.2. The Morgan fingerprint density at radius 3 is 2.95 bits per heavy atom. The molecule has 0 spiro atoms. The van der Waals surface area contributed by atoms with Gasteiger partial charge in [-0.15, -0.1) is 0 Å². The van der Waals surface area contributed by atoms with E-state index in [9.17, 15) is 10.1 Å². The van der Waals surface area contributed by atoms with Crippen LogP contribution in [0, 0.1) is 17.0 Å². The highest BCUT2D eigenvalue weighted by atomic mass is 35.5. The topological polar surface area (TPSA) is 77.3 Å². The van der Waals surface area contributed by atoms with E-state index < -0.39 is 4.92 Å². The summed E-state index contributed by atoms with van der Waals surface area (Å²) in [5.74, 6) is 0.938. The number of aryl methyl sites for hydroxylation is 1. The Bertz CT molecular complexity index is 649. The van der Waals surface area contributed by atoms with E-state index in [0.29, 0.717) is 13.2 Å². The van der Waals surface area contributed by atoms with Crippen molar-refractivity contribution in [3.8, 4) is 5.75 Å². The maximum atomic E-state index is 10.9. The molecule has 0 aliphatic heterocycles. The van der Waals surface area contributed by atoms with Crippen molar-refractivity contribution in [1.82, 2.24) is 4.98 Å². The summed E-state index contributed by atoms with van der Waals surface area (Å²) in [4.78, 5) is 14.3. The van der Waals surface area contributed by atoms with Gasteiger partial charge in [-0.05, 0) is 24.6 Å². The van der Waals surface area contributed by atoms with Gasteiger partial charge in [0.1, 0.15) is 12.4 Å². The van der Waals surface area contributed by atoms with Gasteiger partial charge in [0.25, 0.3) is 0 Å². The van der Waals surface area contributed by atoms with Gasteiger partial charge in [0.2, 0.25) is 5.82 Å². The van der Waals surface area contributed by atoms with Gasteiger partial charge in [0, 0.05) is 12.3 Å². The first-order valence-corrected chi connectivity index (χ1v) is 6.67. The lowest BCUT2D eigenvalue weighted by Crippen LogP contribution is -2.13. The van der Waals surface area contributed by atoms with Crippen molar-refractivity contribution < 1.29 is 9.66 Å². The number of hydrogen-bond donors (Lipinski definition) is 1. The summed E-state index contributed by atoms with van der Waals surface area (Å²) >= 11 is 5.70. The molecule has 0 aliphatic rings. The molecule has 0 aliphatic carbocycles. The largest absolute Gasteiger partial charge is 0.492 e. The van der Waals surface area contributed by atoms with Crippen LogP contribution < -0.4 is 10.1 Å². The average Bonchev–Trinajstić information content (AvgIpc) is 2.44. The fourth-order valence-electron chi connectivity index (χ4n) is 1.75. The number of nitro groups is 1. The van der Waals surface area contributed by atoms with Crippen LogP contribution in [-0.4, -0.2) is 23.1 Å². The van der Waals surface area contributed by atoms with Crippen molar-refractivity contribution in [3.05, 3.63) is 57.2 Å². The third-order valence-electron chi connectivity index (χ3n) is 2.68. The predicted octanol–water partition coefficient (Wildman–Crippen LogP) is 3.44. The third-order valence-corrected chi connectivity index (χ3v) is 2.89. The number of halogens is 1. The zero-order valence-corrected chi connectivity index (χ0v) is 12.1. The van der Waals surface area contributed by atoms with Crippen LogP contribution in [0.25, 0.3) is 0 Å². The molecule has 21 heavy (non-hydrogen) atoms. The first-order valence-electron chi connectivity index (χ1n) is 6.29. The van der Waals surface area contributed by atoms with E-state index in [-0.39, 0.29) is 16.5 Å². The SMILES string of the molecule is Cc1cccc(OCCNc2ncc(Cl)cc2[N+](=O)[O-])c1. The molecule has 7 heteroatoms. The van der Waals surface area contributed by atoms with Gasteiger partial charge < -0.3 is 10.1 Å². The number of nitrogens with one attached hydrogen (secondary N) is 1. The molecule has 0 atom stereocenters. The highest BCUT2D eigenvalue weighted by Gasteiger charge is 2.15. The van der Waals surface area contributed by atoms with E-state index >= 15 is 0 Å². The van der Waals surface area contributed by atoms with Crippen LogP contribution in [0.3, 0.4) is 0 Å². The molecule has 1 N–H and O–H groups in total. The van der Waals surface area contributed by atoms with Gasteiger partial charge in [0.05, 0.1) is 16.5 Å². The Hall–Kier alpha value is -2.34. The molecule has 0 unspecified atom stereocenters. The first-order chi connectivity index (χ1) is 10.1. The highest BCUT2D eigenvalue weighted by molar-refractivity contribution is 6.30. The molecule has 0 saturated carbocycles. The summed E-state index contributed by atoms with van der Waals surface area (Å²) in [5, 5.41) is 14.0. The Morgan fingerprint density at radius 2 is 2.24 bits per heavy atom. The molecule has 1 aromatic heterocycles. The molecule has 0 amide bonds. The minimum Gasteiger partial charge on any atom is -0.492 e. The molecule has 0 saturated heterocycles. The number of aromatic nitrogens is 1. The molecule has 0 bridgehead atoms. The van der Waals surface area contributed by atoms with Gasteiger partial charge in [-0.3, -0.25) is 10.1 Å². The molecule has 110 valence electrons. The first kappa shape index (κ1) is 15.1. The van der Waals surface area contributed by atoms with Gasteiger partial charge >= 0.3 is 5.69 Å². The Balaban J connectivity index is 1.90. The van der Waals surface area contributed by atoms with E-state index in [4.69, 9.17) is 16.3 Å². The summed E-state index contributed by atoms with van der Waals surface area (Å²) in [6, 6.07) is 8.92. The van der Waals surface area contributed by atoms with E-state index in [1.807, 2.05) is 31.2 Å². The molecule has 6 nitrogen and oxygen atoms in total. The van der Waals surface area contributed by atoms with E-state index in [1.165, 1.54) is 12.3 Å².